The Morgan fingerprint density at radius 1 is 1.20 bits per heavy atom. The first-order chi connectivity index (χ1) is 9.61. The lowest BCUT2D eigenvalue weighted by atomic mass is 9.95. The van der Waals surface area contributed by atoms with Gasteiger partial charge in [-0.2, -0.15) is 0 Å². The van der Waals surface area contributed by atoms with E-state index in [1.54, 1.807) is 0 Å². The van der Waals surface area contributed by atoms with Gasteiger partial charge in [0.1, 0.15) is 5.75 Å². The summed E-state index contributed by atoms with van der Waals surface area (Å²) < 4.78 is 5.59. The first kappa shape index (κ1) is 13.5. The fourth-order valence-electron chi connectivity index (χ4n) is 3.63. The molecule has 20 heavy (non-hydrogen) atoms. The van der Waals surface area contributed by atoms with Crippen LogP contribution in [0.2, 0.25) is 0 Å². The van der Waals surface area contributed by atoms with Crippen LogP contribution in [0.3, 0.4) is 0 Å². The molecule has 0 heterocycles. The van der Waals surface area contributed by atoms with Crippen LogP contribution in [0.1, 0.15) is 49.9 Å². The van der Waals surface area contributed by atoms with E-state index in [9.17, 15) is 4.79 Å². The smallest absolute Gasteiger partial charge is 0.251 e. The van der Waals surface area contributed by atoms with Crippen LogP contribution in [-0.2, 0) is 0 Å². The molecule has 0 spiro atoms. The fraction of sp³-hybridized carbons (Fsp3) is 0.588. The number of carbonyl (C=O) groups is 1. The van der Waals surface area contributed by atoms with E-state index in [1.165, 1.54) is 25.7 Å². The zero-order chi connectivity index (χ0) is 14.1. The van der Waals surface area contributed by atoms with Gasteiger partial charge in [0.25, 0.3) is 5.91 Å². The molecule has 0 unspecified atom stereocenters. The van der Waals surface area contributed by atoms with E-state index in [-0.39, 0.29) is 12.0 Å². The van der Waals surface area contributed by atoms with Gasteiger partial charge in [-0.1, -0.05) is 6.42 Å². The first-order valence-electron chi connectivity index (χ1n) is 7.69. The third-order valence-corrected chi connectivity index (χ3v) is 4.54. The first-order valence-corrected chi connectivity index (χ1v) is 7.69. The minimum absolute atomic E-state index is 0.0543. The predicted molar refractivity (Wildman–Crippen MR) is 78.9 cm³/mol. The molecule has 1 amide bonds. The van der Waals surface area contributed by atoms with Gasteiger partial charge >= 0.3 is 0 Å². The molecule has 0 aromatic heterocycles. The monoisotopic (exact) mass is 273 g/mol. The summed E-state index contributed by atoms with van der Waals surface area (Å²) in [5.41, 5.74) is 0.726. The van der Waals surface area contributed by atoms with Gasteiger partial charge in [-0.15, -0.1) is 0 Å². The molecular weight excluding hydrogens is 250 g/mol. The second-order valence-corrected chi connectivity index (χ2v) is 6.45. The van der Waals surface area contributed by atoms with Gasteiger partial charge in [-0.3, -0.25) is 4.79 Å². The van der Waals surface area contributed by atoms with E-state index < -0.39 is 0 Å². The van der Waals surface area contributed by atoms with Gasteiger partial charge in [0.2, 0.25) is 0 Å². The van der Waals surface area contributed by atoms with Crippen LogP contribution < -0.4 is 10.1 Å². The average Bonchev–Trinajstić information content (AvgIpc) is 3.01. The minimum atomic E-state index is 0.0543. The zero-order valence-electron chi connectivity index (χ0n) is 12.3. The lowest BCUT2D eigenvalue weighted by molar-refractivity contribution is 0.0923. The predicted octanol–water partition coefficient (Wildman–Crippen LogP) is 3.39. The molecule has 1 aromatic carbocycles. The number of fused-ring (bicyclic) bond motifs is 2. The van der Waals surface area contributed by atoms with Gasteiger partial charge in [0.15, 0.2) is 0 Å². The molecule has 2 saturated carbocycles. The van der Waals surface area contributed by atoms with E-state index in [2.05, 4.69) is 5.32 Å². The van der Waals surface area contributed by atoms with Gasteiger partial charge in [-0.05, 0) is 69.2 Å². The van der Waals surface area contributed by atoms with E-state index in [0.717, 1.165) is 17.2 Å². The maximum Gasteiger partial charge on any atom is 0.251 e. The van der Waals surface area contributed by atoms with Gasteiger partial charge in [-0.25, -0.2) is 0 Å². The Labute approximate surface area is 120 Å². The highest BCUT2D eigenvalue weighted by molar-refractivity contribution is 5.94. The Kier molecular flexibility index (Phi) is 3.68. The molecule has 1 N–H and O–H groups in total. The van der Waals surface area contributed by atoms with E-state index in [1.807, 2.05) is 38.1 Å². The molecule has 2 fully saturated rings. The van der Waals surface area contributed by atoms with Crippen LogP contribution in [-0.4, -0.2) is 18.1 Å². The third-order valence-electron chi connectivity index (χ3n) is 4.54. The van der Waals surface area contributed by atoms with Crippen molar-refractivity contribution in [2.45, 2.75) is 51.7 Å². The summed E-state index contributed by atoms with van der Waals surface area (Å²) in [6, 6.07) is 7.83. The molecule has 2 aliphatic rings. The number of rotatable bonds is 4. The molecule has 1 aromatic rings. The summed E-state index contributed by atoms with van der Waals surface area (Å²) in [7, 11) is 0. The molecule has 0 radical (unpaired) electrons. The van der Waals surface area contributed by atoms with Crippen LogP contribution in [0.25, 0.3) is 0 Å². The molecule has 2 bridgehead atoms. The van der Waals surface area contributed by atoms with Crippen LogP contribution in [0.4, 0.5) is 0 Å². The molecule has 0 aliphatic heterocycles. The number of hydrogen-bond donors (Lipinski definition) is 1. The lowest BCUT2D eigenvalue weighted by Crippen LogP contribution is -2.38. The maximum atomic E-state index is 12.3. The summed E-state index contributed by atoms with van der Waals surface area (Å²) in [5, 5.41) is 3.21. The summed E-state index contributed by atoms with van der Waals surface area (Å²) in [6.07, 6.45) is 5.29. The van der Waals surface area contributed by atoms with Crippen molar-refractivity contribution < 1.29 is 9.53 Å². The van der Waals surface area contributed by atoms with E-state index in [4.69, 9.17) is 4.74 Å². The van der Waals surface area contributed by atoms with Crippen molar-refractivity contribution in [3.8, 4) is 5.75 Å². The number of ether oxygens (including phenoxy) is 1. The van der Waals surface area contributed by atoms with E-state index in [0.29, 0.717) is 12.0 Å². The van der Waals surface area contributed by atoms with Crippen LogP contribution >= 0.6 is 0 Å². The van der Waals surface area contributed by atoms with Gasteiger partial charge < -0.3 is 10.1 Å². The normalized spacial score (nSPS) is 27.9. The Morgan fingerprint density at radius 3 is 2.50 bits per heavy atom. The van der Waals surface area contributed by atoms with Crippen molar-refractivity contribution in [2.75, 3.05) is 0 Å². The second kappa shape index (κ2) is 5.47. The highest BCUT2D eigenvalue weighted by Crippen LogP contribution is 2.44. The fourth-order valence-corrected chi connectivity index (χ4v) is 3.63. The van der Waals surface area contributed by atoms with Crippen LogP contribution in [0.5, 0.6) is 5.75 Å². The van der Waals surface area contributed by atoms with Crippen LogP contribution in [0.15, 0.2) is 24.3 Å². The van der Waals surface area contributed by atoms with Gasteiger partial charge in [0.05, 0.1) is 6.10 Å². The number of benzene rings is 1. The van der Waals surface area contributed by atoms with Crippen LogP contribution in [0, 0.1) is 11.8 Å². The van der Waals surface area contributed by atoms with Gasteiger partial charge in [0, 0.05) is 11.6 Å². The number of hydrogen-bond acceptors (Lipinski definition) is 2. The standard InChI is InChI=1S/C17H23NO2/c1-11(2)20-15-7-5-13(6-8-15)17(19)18-16-10-12-3-4-14(16)9-12/h5-8,11-12,14,16H,3-4,9-10H2,1-2H3,(H,18,19)/t12-,14-,16+/m0/s1. The Balaban J connectivity index is 1.59. The van der Waals surface area contributed by atoms with Crippen molar-refractivity contribution in [1.29, 1.82) is 0 Å². The SMILES string of the molecule is CC(C)Oc1ccc(C(=O)N[C@@H]2C[C@H]3CC[C@H]2C3)cc1. The van der Waals surface area contributed by atoms with Crippen molar-refractivity contribution >= 4 is 5.91 Å². The topological polar surface area (TPSA) is 38.3 Å². The maximum absolute atomic E-state index is 12.3. The average molecular weight is 273 g/mol. The second-order valence-electron chi connectivity index (χ2n) is 6.45. The number of amides is 1. The van der Waals surface area contributed by atoms with E-state index >= 15 is 0 Å². The molecule has 3 rings (SSSR count). The van der Waals surface area contributed by atoms with Crippen molar-refractivity contribution in [1.82, 2.24) is 5.32 Å². The lowest BCUT2D eigenvalue weighted by Gasteiger charge is -2.22. The minimum Gasteiger partial charge on any atom is -0.491 e. The summed E-state index contributed by atoms with van der Waals surface area (Å²) in [6.45, 7) is 3.99. The van der Waals surface area contributed by atoms with Crippen molar-refractivity contribution in [2.24, 2.45) is 11.8 Å². The molecule has 108 valence electrons. The summed E-state index contributed by atoms with van der Waals surface area (Å²) in [4.78, 5) is 12.3. The third kappa shape index (κ3) is 2.82. The largest absolute Gasteiger partial charge is 0.491 e. The zero-order valence-corrected chi connectivity index (χ0v) is 12.3. The molecule has 3 atom stereocenters. The quantitative estimate of drug-likeness (QED) is 0.913. The molecular formula is C17H23NO2. The molecule has 3 heteroatoms. The Hall–Kier alpha value is -1.51. The summed E-state index contributed by atoms with van der Waals surface area (Å²) in [5.74, 6) is 2.44. The molecule has 2 aliphatic carbocycles. The van der Waals surface area contributed by atoms with Crippen molar-refractivity contribution in [3.63, 3.8) is 0 Å². The Morgan fingerprint density at radius 2 is 1.95 bits per heavy atom. The number of carbonyl (C=O) groups excluding carboxylic acids is 1. The number of nitrogens with one attached hydrogen (secondary N) is 1. The summed E-state index contributed by atoms with van der Waals surface area (Å²) >= 11 is 0. The van der Waals surface area contributed by atoms with Crippen molar-refractivity contribution in [3.05, 3.63) is 29.8 Å². The molecule has 3 nitrogen and oxygen atoms in total. The highest BCUT2D eigenvalue weighted by atomic mass is 16.5. The Bertz CT molecular complexity index is 480. The molecule has 0 saturated heterocycles. The highest BCUT2D eigenvalue weighted by Gasteiger charge is 2.40.